The zero-order valence-electron chi connectivity index (χ0n) is 10.5. The van der Waals surface area contributed by atoms with E-state index in [0.29, 0.717) is 0 Å². The maximum Gasteiger partial charge on any atom is 1.00 e. The Morgan fingerprint density at radius 2 is 0.526 bits per heavy atom. The van der Waals surface area contributed by atoms with Gasteiger partial charge in [0.1, 0.15) is 0 Å². The van der Waals surface area contributed by atoms with E-state index in [4.69, 9.17) is 31.6 Å². The van der Waals surface area contributed by atoms with Crippen LogP contribution in [0.2, 0.25) is 0 Å². The van der Waals surface area contributed by atoms with Crippen molar-refractivity contribution in [2.24, 2.45) is 0 Å². The quantitative estimate of drug-likeness (QED) is 0.367. The summed E-state index contributed by atoms with van der Waals surface area (Å²) in [6, 6.07) is 0. The fraction of sp³-hybridized carbons (Fsp3) is 0. The smallest absolute Gasteiger partial charge is 0.412 e. The Kier molecular flexibility index (Phi) is 31.3. The molecular formula is C6H6FeK3N6O3. The van der Waals surface area contributed by atoms with E-state index in [1.54, 1.807) is 0 Å². The van der Waals surface area contributed by atoms with Gasteiger partial charge in [0.2, 0.25) is 0 Å². The monoisotopic (exact) mass is 383 g/mol. The predicted octanol–water partition coefficient (Wildman–Crippen LogP) is -11.4. The minimum absolute atomic E-state index is 0. The molecule has 0 atom stereocenters. The predicted molar refractivity (Wildman–Crippen MR) is 44.5 cm³/mol. The van der Waals surface area contributed by atoms with Crippen LogP contribution >= 0.6 is 0 Å². The molecule has 0 amide bonds. The van der Waals surface area contributed by atoms with Gasteiger partial charge in [-0.05, 0) is 0 Å². The third kappa shape index (κ3) is 6.48. The summed E-state index contributed by atoms with van der Waals surface area (Å²) in [5, 5.41) is 51.5. The summed E-state index contributed by atoms with van der Waals surface area (Å²) >= 11 is 0. The Labute approximate surface area is 236 Å². The molecule has 0 fully saturated rings. The van der Waals surface area contributed by atoms with Crippen LogP contribution in [0.15, 0.2) is 0 Å². The summed E-state index contributed by atoms with van der Waals surface area (Å²) in [4.78, 5) is 6.19. The van der Waals surface area contributed by atoms with Crippen LogP contribution < -0.4 is 154 Å². The maximum absolute atomic E-state index is 8.58. The van der Waals surface area contributed by atoms with Gasteiger partial charge in [0.05, 0.1) is 0 Å². The second kappa shape index (κ2) is 13.9. The molecule has 19 heavy (non-hydrogen) atoms. The number of hydrogen-bond donors (Lipinski definition) is 0. The second-order valence-corrected chi connectivity index (χ2v) is 7.42. The molecule has 0 aromatic rings. The van der Waals surface area contributed by atoms with Gasteiger partial charge in [0.25, 0.3) is 0 Å². The van der Waals surface area contributed by atoms with Crippen LogP contribution in [0.1, 0.15) is 0 Å². The summed E-state index contributed by atoms with van der Waals surface area (Å²) < 4.78 is 0. The second-order valence-electron chi connectivity index (χ2n) is 1.80. The molecule has 13 heteroatoms. The fourth-order valence-corrected chi connectivity index (χ4v) is 1.09. The maximum atomic E-state index is 8.58. The van der Waals surface area contributed by atoms with E-state index in [2.05, 4.69) is 0 Å². The zero-order chi connectivity index (χ0) is 10.7. The van der Waals surface area contributed by atoms with E-state index in [1.807, 2.05) is 0 Å². The molecule has 0 unspecified atom stereocenters. The Balaban J connectivity index is -0.0000000480. The molecule has 0 radical (unpaired) electrons. The summed E-state index contributed by atoms with van der Waals surface area (Å²) in [7, 11) is -6.17. The molecule has 0 aliphatic rings. The summed E-state index contributed by atoms with van der Waals surface area (Å²) in [5.74, 6) is 0. The fourth-order valence-electron chi connectivity index (χ4n) is 0.265. The number of hydrogen-bond acceptors (Lipinski definition) is 6. The van der Waals surface area contributed by atoms with Gasteiger partial charge in [0.15, 0.2) is 0 Å². The molecule has 0 aliphatic heterocycles. The molecule has 0 saturated heterocycles. The number of nitrogens with zero attached hydrogens (tertiary/aromatic N) is 6. The van der Waals surface area contributed by atoms with Crippen molar-refractivity contribution in [1.29, 1.82) is 31.6 Å². The van der Waals surface area contributed by atoms with E-state index < -0.39 is 10.7 Å². The van der Waals surface area contributed by atoms with Gasteiger partial charge in [-0.3, -0.25) is 0 Å². The van der Waals surface area contributed by atoms with Crippen LogP contribution in [0.25, 0.3) is 0 Å². The largest absolute Gasteiger partial charge is 1.00 e. The first-order valence-corrected chi connectivity index (χ1v) is 5.71. The molecule has 6 N–H and O–H groups in total. The van der Waals surface area contributed by atoms with Crippen molar-refractivity contribution < 1.29 is 181 Å². The van der Waals surface area contributed by atoms with E-state index in [0.717, 1.165) is 29.8 Å². The average Bonchev–Trinajstić information content (AvgIpc) is 2.26. The Hall–Kier alpha value is 2.25. The zero-order valence-corrected chi connectivity index (χ0v) is 21.0. The van der Waals surface area contributed by atoms with Crippen molar-refractivity contribution in [3.05, 3.63) is 0 Å². The van der Waals surface area contributed by atoms with Gasteiger partial charge in [-0.15, -0.1) is 0 Å². The first-order chi connectivity index (χ1) is 5.97. The molecule has 0 saturated carbocycles. The van der Waals surface area contributed by atoms with Crippen molar-refractivity contribution in [3.8, 4) is 29.8 Å². The van der Waals surface area contributed by atoms with Gasteiger partial charge in [-0.25, -0.2) is 0 Å². The minimum Gasteiger partial charge on any atom is -0.412 e. The molecule has 9 nitrogen and oxygen atoms in total. The van der Waals surface area contributed by atoms with E-state index in [1.165, 1.54) is 0 Å². The molecule has 0 aliphatic carbocycles. The summed E-state index contributed by atoms with van der Waals surface area (Å²) in [5.41, 5.74) is 0. The molecule has 0 rings (SSSR count). The van der Waals surface area contributed by atoms with Gasteiger partial charge < -0.3 is 16.4 Å². The molecule has 89 valence electrons. The van der Waals surface area contributed by atoms with Gasteiger partial charge in [-0.1, -0.05) is 0 Å². The molecule has 0 aromatic heterocycles. The number of nitriles is 6. The van der Waals surface area contributed by atoms with Crippen LogP contribution in [0, 0.1) is 61.4 Å². The molecule has 0 bridgehead atoms. The van der Waals surface area contributed by atoms with Crippen LogP contribution in [-0.4, -0.2) is 16.4 Å². The molecule has 0 heterocycles. The van der Waals surface area contributed by atoms with Crippen LogP contribution in [0.3, 0.4) is 0 Å². The summed E-state index contributed by atoms with van der Waals surface area (Å²) in [6.45, 7) is 0. The van der Waals surface area contributed by atoms with Crippen molar-refractivity contribution >= 4 is 0 Å². The standard InChI is InChI=1S/6CN.Fe.3K.3H2O/c6*1-2;;;;;;;/h;;;;;;;;;;3*1H2/q;;;;;;-3;3*+1;;;. The Morgan fingerprint density at radius 1 is 0.421 bits per heavy atom. The SMILES string of the molecule is N#[C][Fe-3]([C]#N)([C]#N)([C]#N)([C]#N)[C]#N.O.O.O.[K+].[K+].[K+]. The normalized spacial score (nSPS) is 9.16. The first kappa shape index (κ1) is 42.9. The van der Waals surface area contributed by atoms with Crippen LogP contribution in [0.4, 0.5) is 0 Å². The van der Waals surface area contributed by atoms with Crippen molar-refractivity contribution in [2.75, 3.05) is 0 Å². The van der Waals surface area contributed by atoms with Gasteiger partial charge in [-0.2, -0.15) is 0 Å². The van der Waals surface area contributed by atoms with Crippen molar-refractivity contribution in [3.63, 3.8) is 0 Å². The van der Waals surface area contributed by atoms with Crippen molar-refractivity contribution in [2.45, 2.75) is 0 Å². The first-order valence-electron chi connectivity index (χ1n) is 2.40. The van der Waals surface area contributed by atoms with Gasteiger partial charge in [0, 0.05) is 0 Å². The van der Waals surface area contributed by atoms with Crippen LogP contribution in [0.5, 0.6) is 0 Å². The molecule has 0 aromatic carbocycles. The third-order valence-electron chi connectivity index (χ3n) is 1.19. The average molecular weight is 383 g/mol. The third-order valence-corrected chi connectivity index (χ3v) is 4.89. The van der Waals surface area contributed by atoms with Crippen LogP contribution in [-0.2, 0) is 10.7 Å². The van der Waals surface area contributed by atoms with Crippen molar-refractivity contribution in [1.82, 2.24) is 0 Å². The minimum atomic E-state index is -6.17. The van der Waals surface area contributed by atoms with E-state index in [-0.39, 0.29) is 171 Å². The Morgan fingerprint density at radius 3 is 0.526 bits per heavy atom. The molecular weight excluding hydrogens is 377 g/mol. The topological polar surface area (TPSA) is 237 Å². The Bertz CT molecular complexity index is 410. The van der Waals surface area contributed by atoms with E-state index >= 15 is 0 Å². The van der Waals surface area contributed by atoms with Gasteiger partial charge >= 0.3 is 226 Å². The summed E-state index contributed by atoms with van der Waals surface area (Å²) in [6.07, 6.45) is 0. The van der Waals surface area contributed by atoms with E-state index in [9.17, 15) is 0 Å². The molecule has 0 spiro atoms. The number of rotatable bonds is 0.